The molecule has 1 atom stereocenters. The molecule has 1 heterocycles. The number of esters is 1. The van der Waals surface area contributed by atoms with Crippen molar-refractivity contribution < 1.29 is 28.7 Å². The fourth-order valence-corrected chi connectivity index (χ4v) is 4.66. The van der Waals surface area contributed by atoms with E-state index < -0.39 is 29.7 Å². The number of halogens is 2. The van der Waals surface area contributed by atoms with E-state index in [2.05, 4.69) is 0 Å². The molecule has 0 N–H and O–H groups in total. The van der Waals surface area contributed by atoms with Crippen molar-refractivity contribution in [1.29, 1.82) is 0 Å². The predicted octanol–water partition coefficient (Wildman–Crippen LogP) is 6.58. The third-order valence-corrected chi connectivity index (χ3v) is 6.77. The molecule has 1 aliphatic heterocycles. The van der Waals surface area contributed by atoms with Gasteiger partial charge in [-0.15, -0.1) is 0 Å². The predicted molar refractivity (Wildman–Crippen MR) is 146 cm³/mol. The molecule has 9 heteroatoms. The molecule has 0 aromatic heterocycles. The molecule has 0 unspecified atom stereocenters. The summed E-state index contributed by atoms with van der Waals surface area (Å²) in [5.41, 5.74) is 1.19. The maximum atomic E-state index is 13.4. The molecule has 4 aromatic rings. The van der Waals surface area contributed by atoms with Gasteiger partial charge in [-0.25, -0.2) is 9.69 Å². The Morgan fingerprint density at radius 2 is 1.38 bits per heavy atom. The summed E-state index contributed by atoms with van der Waals surface area (Å²) >= 11 is 12.5. The van der Waals surface area contributed by atoms with Crippen LogP contribution >= 0.6 is 23.2 Å². The Bertz CT molecular complexity index is 1580. The van der Waals surface area contributed by atoms with Crippen molar-refractivity contribution in [3.8, 4) is 5.75 Å². The number of carbonyl (C=O) groups is 4. The molecule has 0 fully saturated rings. The molecule has 194 valence electrons. The van der Waals surface area contributed by atoms with Gasteiger partial charge in [0.1, 0.15) is 11.3 Å². The molecule has 0 saturated carbocycles. The van der Waals surface area contributed by atoms with Crippen molar-refractivity contribution in [3.63, 3.8) is 0 Å². The van der Waals surface area contributed by atoms with E-state index >= 15 is 0 Å². The fourth-order valence-electron chi connectivity index (χ4n) is 4.29. The summed E-state index contributed by atoms with van der Waals surface area (Å²) in [5, 5.41) is 0.392. The zero-order chi connectivity index (χ0) is 27.7. The van der Waals surface area contributed by atoms with Gasteiger partial charge in [0.2, 0.25) is 5.78 Å². The second-order valence-corrected chi connectivity index (χ2v) is 9.41. The van der Waals surface area contributed by atoms with Gasteiger partial charge >= 0.3 is 5.97 Å². The number of carbonyl (C=O) groups excluding carboxylic acids is 4. The molecular formula is C30H19Cl2NO6. The number of nitrogens with zero attached hydrogens (tertiary/aromatic N) is 1. The normalized spacial score (nSPS) is 13.2. The average molecular weight is 560 g/mol. The van der Waals surface area contributed by atoms with E-state index in [1.54, 1.807) is 78.9 Å². The third-order valence-electron chi connectivity index (χ3n) is 6.22. The second-order valence-electron chi connectivity index (χ2n) is 8.56. The number of hydrogen-bond acceptors (Lipinski definition) is 6. The lowest BCUT2D eigenvalue weighted by Gasteiger charge is -2.20. The largest absolute Gasteiger partial charge is 0.496 e. The summed E-state index contributed by atoms with van der Waals surface area (Å²) < 4.78 is 11.1. The molecule has 7 nitrogen and oxygen atoms in total. The van der Waals surface area contributed by atoms with Crippen LogP contribution in [0.25, 0.3) is 0 Å². The zero-order valence-electron chi connectivity index (χ0n) is 20.4. The highest BCUT2D eigenvalue weighted by Gasteiger charge is 2.38. The van der Waals surface area contributed by atoms with E-state index in [-0.39, 0.29) is 33.1 Å². The van der Waals surface area contributed by atoms with Crippen molar-refractivity contribution in [2.45, 2.75) is 6.10 Å². The van der Waals surface area contributed by atoms with Gasteiger partial charge in [-0.2, -0.15) is 0 Å². The smallest absolute Gasteiger partial charge is 0.343 e. The minimum atomic E-state index is -1.29. The number of ketones is 1. The summed E-state index contributed by atoms with van der Waals surface area (Å²) in [6, 6.07) is 23.7. The number of amides is 2. The highest BCUT2D eigenvalue weighted by atomic mass is 35.5. The summed E-state index contributed by atoms with van der Waals surface area (Å²) in [6.45, 7) is 0. The molecule has 0 saturated heterocycles. The SMILES string of the molecule is COc1cc(N2C(=O)c3ccccc3C2=O)c(Cl)cc1C(=O)O[C@@H](C(=O)c1ccccc1)c1ccc(Cl)cc1. The summed E-state index contributed by atoms with van der Waals surface area (Å²) in [4.78, 5) is 53.7. The Labute approximate surface area is 233 Å². The van der Waals surface area contributed by atoms with Gasteiger partial charge in [-0.3, -0.25) is 14.4 Å². The second kappa shape index (κ2) is 10.7. The maximum Gasteiger partial charge on any atom is 0.343 e. The van der Waals surface area contributed by atoms with E-state index in [9.17, 15) is 19.2 Å². The average Bonchev–Trinajstić information content (AvgIpc) is 3.21. The number of anilines is 1. The van der Waals surface area contributed by atoms with Gasteiger partial charge in [0.15, 0.2) is 6.10 Å². The Morgan fingerprint density at radius 3 is 1.97 bits per heavy atom. The quantitative estimate of drug-likeness (QED) is 0.144. The minimum Gasteiger partial charge on any atom is -0.496 e. The Morgan fingerprint density at radius 1 is 0.795 bits per heavy atom. The first-order chi connectivity index (χ1) is 18.8. The molecule has 0 bridgehead atoms. The van der Waals surface area contributed by atoms with E-state index in [1.165, 1.54) is 19.2 Å². The van der Waals surface area contributed by atoms with Gasteiger partial charge in [-0.05, 0) is 30.3 Å². The molecule has 0 spiro atoms. The van der Waals surface area contributed by atoms with E-state index in [4.69, 9.17) is 32.7 Å². The van der Waals surface area contributed by atoms with Crippen LogP contribution in [0.2, 0.25) is 10.0 Å². The molecule has 5 rings (SSSR count). The number of fused-ring (bicyclic) bond motifs is 1. The van der Waals surface area contributed by atoms with Crippen LogP contribution in [0.1, 0.15) is 53.1 Å². The van der Waals surface area contributed by atoms with Gasteiger partial charge in [0.25, 0.3) is 11.8 Å². The highest BCUT2D eigenvalue weighted by Crippen LogP contribution is 2.38. The third kappa shape index (κ3) is 4.90. The van der Waals surface area contributed by atoms with Gasteiger partial charge in [-0.1, -0.05) is 77.8 Å². The number of methoxy groups -OCH3 is 1. The van der Waals surface area contributed by atoms with Crippen LogP contribution in [0.3, 0.4) is 0 Å². The standard InChI is InChI=1S/C30H19Cl2NO6/c1-38-25-16-24(33-28(35)20-9-5-6-10-21(20)29(33)36)23(32)15-22(25)30(37)39-27(18-11-13-19(31)14-12-18)26(34)17-7-3-2-4-8-17/h2-16,27H,1H3/t27-/m1/s1. The number of ether oxygens (including phenoxy) is 2. The van der Waals surface area contributed by atoms with Crippen molar-refractivity contribution in [2.75, 3.05) is 12.0 Å². The summed E-state index contributed by atoms with van der Waals surface area (Å²) in [5.74, 6) is -2.44. The maximum absolute atomic E-state index is 13.4. The van der Waals surface area contributed by atoms with Crippen molar-refractivity contribution in [1.82, 2.24) is 0 Å². The minimum absolute atomic E-state index is 0.00188. The number of Topliss-reactive ketones (excluding diaryl/α,β-unsaturated/α-hetero) is 1. The van der Waals surface area contributed by atoms with Crippen LogP contribution in [0, 0.1) is 0 Å². The molecule has 39 heavy (non-hydrogen) atoms. The Kier molecular flexibility index (Phi) is 7.19. The molecule has 0 radical (unpaired) electrons. The first kappa shape index (κ1) is 26.2. The van der Waals surface area contributed by atoms with Crippen molar-refractivity contribution >= 4 is 52.5 Å². The highest BCUT2D eigenvalue weighted by molar-refractivity contribution is 6.40. The van der Waals surface area contributed by atoms with Crippen LogP contribution in [0.5, 0.6) is 5.75 Å². The van der Waals surface area contributed by atoms with E-state index in [1.807, 2.05) is 0 Å². The van der Waals surface area contributed by atoms with E-state index in [0.717, 1.165) is 4.90 Å². The topological polar surface area (TPSA) is 90.0 Å². The van der Waals surface area contributed by atoms with Crippen LogP contribution in [-0.2, 0) is 4.74 Å². The summed E-state index contributed by atoms with van der Waals surface area (Å²) in [6.07, 6.45) is -1.29. The number of rotatable bonds is 7. The molecule has 4 aromatic carbocycles. The first-order valence-electron chi connectivity index (χ1n) is 11.7. The van der Waals surface area contributed by atoms with Crippen LogP contribution in [0.4, 0.5) is 5.69 Å². The lowest BCUT2D eigenvalue weighted by molar-refractivity contribution is 0.0277. The molecule has 0 aliphatic carbocycles. The lowest BCUT2D eigenvalue weighted by atomic mass is 9.99. The molecule has 1 aliphatic rings. The fraction of sp³-hybridized carbons (Fsp3) is 0.0667. The van der Waals surface area contributed by atoms with E-state index in [0.29, 0.717) is 16.1 Å². The number of benzene rings is 4. The number of imide groups is 1. The van der Waals surface area contributed by atoms with Gasteiger partial charge in [0.05, 0.1) is 28.9 Å². The first-order valence-corrected chi connectivity index (χ1v) is 12.5. The molecular weight excluding hydrogens is 541 g/mol. The van der Waals surface area contributed by atoms with Crippen LogP contribution < -0.4 is 9.64 Å². The number of hydrogen-bond donors (Lipinski definition) is 0. The van der Waals surface area contributed by atoms with Gasteiger partial charge < -0.3 is 9.47 Å². The zero-order valence-corrected chi connectivity index (χ0v) is 21.9. The van der Waals surface area contributed by atoms with Crippen molar-refractivity contribution in [2.24, 2.45) is 0 Å². The lowest BCUT2D eigenvalue weighted by Crippen LogP contribution is -2.30. The monoisotopic (exact) mass is 559 g/mol. The summed E-state index contributed by atoms with van der Waals surface area (Å²) in [7, 11) is 1.32. The van der Waals surface area contributed by atoms with Crippen molar-refractivity contribution in [3.05, 3.63) is 129 Å². The Balaban J connectivity index is 1.50. The molecule has 2 amide bonds. The van der Waals surface area contributed by atoms with Crippen LogP contribution in [0.15, 0.2) is 91.0 Å². The Hall–Kier alpha value is -4.46. The van der Waals surface area contributed by atoms with Gasteiger partial charge in [0, 0.05) is 22.2 Å². The van der Waals surface area contributed by atoms with Crippen LogP contribution in [-0.4, -0.2) is 30.7 Å².